The van der Waals surface area contributed by atoms with Crippen LogP contribution in [0.2, 0.25) is 0 Å². The summed E-state index contributed by atoms with van der Waals surface area (Å²) in [7, 11) is 0. The minimum Gasteiger partial charge on any atom is -0.505 e. The molecule has 1 heterocycles. The third kappa shape index (κ3) is 0.956. The van der Waals surface area contributed by atoms with Gasteiger partial charge in [0.15, 0.2) is 5.75 Å². The van der Waals surface area contributed by atoms with E-state index in [1.807, 2.05) is 11.4 Å². The van der Waals surface area contributed by atoms with Crippen LogP contribution < -0.4 is 5.73 Å². The molecule has 2 aromatic rings. The summed E-state index contributed by atoms with van der Waals surface area (Å²) < 4.78 is 1.05. The van der Waals surface area contributed by atoms with Crippen LogP contribution in [0.3, 0.4) is 0 Å². The van der Waals surface area contributed by atoms with Crippen molar-refractivity contribution in [2.75, 3.05) is 5.73 Å². The van der Waals surface area contributed by atoms with Crippen molar-refractivity contribution in [3.63, 3.8) is 0 Å². The molecule has 4 heteroatoms. The first-order valence-electron chi connectivity index (χ1n) is 3.38. The molecule has 62 valence electrons. The zero-order valence-electron chi connectivity index (χ0n) is 6.11. The monoisotopic (exact) mass is 197 g/mol. The molecule has 0 atom stereocenters. The number of thiophene rings is 1. The largest absolute Gasteiger partial charge is 0.505 e. The Morgan fingerprint density at radius 2 is 2.25 bits per heavy atom. The highest BCUT2D eigenvalue weighted by Crippen LogP contribution is 2.37. The van der Waals surface area contributed by atoms with Crippen LogP contribution in [-0.2, 0) is 0 Å². The molecule has 1 aromatic carbocycles. The van der Waals surface area contributed by atoms with E-state index in [0.29, 0.717) is 10.6 Å². The van der Waals surface area contributed by atoms with E-state index in [1.165, 1.54) is 0 Å². The molecule has 0 radical (unpaired) electrons. The number of hydrogen-bond acceptors (Lipinski definition) is 4. The van der Waals surface area contributed by atoms with Gasteiger partial charge < -0.3 is 10.8 Å². The summed E-state index contributed by atoms with van der Waals surface area (Å²) in [6.07, 6.45) is 0. The number of aromatic hydroxyl groups is 1. The van der Waals surface area contributed by atoms with Gasteiger partial charge in [0.25, 0.3) is 0 Å². The van der Waals surface area contributed by atoms with Crippen molar-refractivity contribution in [1.82, 2.24) is 0 Å². The fraction of sp³-hybridized carbons (Fsp3) is 0. The van der Waals surface area contributed by atoms with E-state index in [0.717, 1.165) is 10.1 Å². The number of phenolic OH excluding ortho intramolecular Hbond substituents is 1. The summed E-state index contributed by atoms with van der Waals surface area (Å²) in [6.45, 7) is 0. The van der Waals surface area contributed by atoms with Crippen LogP contribution in [0.15, 0.2) is 22.4 Å². The fourth-order valence-corrected chi connectivity index (χ4v) is 2.34. The molecule has 0 bridgehead atoms. The lowest BCUT2D eigenvalue weighted by Gasteiger charge is -2.02. The third-order valence-electron chi connectivity index (χ3n) is 1.73. The van der Waals surface area contributed by atoms with Gasteiger partial charge in [-0.3, -0.25) is 0 Å². The second kappa shape index (κ2) is 2.57. The second-order valence-corrected chi connectivity index (χ2v) is 3.89. The SMILES string of the molecule is Nc1cc2sccc2c(S)c1O. The van der Waals surface area contributed by atoms with Crippen LogP contribution in [0.25, 0.3) is 10.1 Å². The lowest BCUT2D eigenvalue weighted by Crippen LogP contribution is -1.85. The van der Waals surface area contributed by atoms with Gasteiger partial charge in [-0.2, -0.15) is 0 Å². The molecule has 0 saturated heterocycles. The lowest BCUT2D eigenvalue weighted by atomic mass is 10.2. The normalized spacial score (nSPS) is 10.8. The van der Waals surface area contributed by atoms with E-state index in [1.54, 1.807) is 17.4 Å². The summed E-state index contributed by atoms with van der Waals surface area (Å²) in [5, 5.41) is 12.3. The van der Waals surface area contributed by atoms with E-state index in [9.17, 15) is 5.11 Å². The molecule has 1 aromatic heterocycles. The molecule has 3 N–H and O–H groups in total. The Morgan fingerprint density at radius 3 is 3.00 bits per heavy atom. The molecule has 0 aliphatic heterocycles. The van der Waals surface area contributed by atoms with Crippen LogP contribution in [0.5, 0.6) is 5.75 Å². The molecule has 12 heavy (non-hydrogen) atoms. The topological polar surface area (TPSA) is 46.2 Å². The standard InChI is InChI=1S/C8H7NOS2/c9-5-3-6-4(1-2-12-6)8(11)7(5)10/h1-3,10-11H,9H2. The number of thiol groups is 1. The Balaban J connectivity index is 2.94. The van der Waals surface area contributed by atoms with Crippen LogP contribution >= 0.6 is 24.0 Å². The number of nitrogens with two attached hydrogens (primary N) is 1. The van der Waals surface area contributed by atoms with Crippen molar-refractivity contribution in [3.05, 3.63) is 17.5 Å². The van der Waals surface area contributed by atoms with Crippen LogP contribution in [0, 0.1) is 0 Å². The van der Waals surface area contributed by atoms with E-state index in [4.69, 9.17) is 5.73 Å². The van der Waals surface area contributed by atoms with Gasteiger partial charge in [0, 0.05) is 10.1 Å². The van der Waals surface area contributed by atoms with Crippen molar-refractivity contribution in [1.29, 1.82) is 0 Å². The molecular weight excluding hydrogens is 190 g/mol. The van der Waals surface area contributed by atoms with Crippen molar-refractivity contribution < 1.29 is 5.11 Å². The van der Waals surface area contributed by atoms with Crippen molar-refractivity contribution in [2.24, 2.45) is 0 Å². The van der Waals surface area contributed by atoms with Gasteiger partial charge in [-0.25, -0.2) is 0 Å². The third-order valence-corrected chi connectivity index (χ3v) is 3.05. The van der Waals surface area contributed by atoms with Crippen molar-refractivity contribution in [2.45, 2.75) is 4.90 Å². The summed E-state index contributed by atoms with van der Waals surface area (Å²) in [5.74, 6) is 0.0734. The number of phenols is 1. The maximum atomic E-state index is 9.43. The first-order chi connectivity index (χ1) is 5.70. The second-order valence-electron chi connectivity index (χ2n) is 2.50. The van der Waals surface area contributed by atoms with Crippen LogP contribution in [0.4, 0.5) is 5.69 Å². The van der Waals surface area contributed by atoms with Crippen LogP contribution in [-0.4, -0.2) is 5.11 Å². The number of hydrogen-bond donors (Lipinski definition) is 3. The Labute approximate surface area is 79.0 Å². The molecule has 0 aliphatic rings. The van der Waals surface area contributed by atoms with Gasteiger partial charge in [0.2, 0.25) is 0 Å². The maximum absolute atomic E-state index is 9.43. The maximum Gasteiger partial charge on any atom is 0.152 e. The zero-order chi connectivity index (χ0) is 8.72. The van der Waals surface area contributed by atoms with Gasteiger partial charge in [0.1, 0.15) is 0 Å². The van der Waals surface area contributed by atoms with E-state index < -0.39 is 0 Å². The number of rotatable bonds is 0. The first-order valence-corrected chi connectivity index (χ1v) is 4.70. The Morgan fingerprint density at radius 1 is 1.50 bits per heavy atom. The van der Waals surface area contributed by atoms with Gasteiger partial charge in [-0.15, -0.1) is 24.0 Å². The van der Waals surface area contributed by atoms with Gasteiger partial charge >= 0.3 is 0 Å². The Hall–Kier alpha value is -0.870. The highest BCUT2D eigenvalue weighted by Gasteiger charge is 2.07. The molecule has 0 fully saturated rings. The minimum absolute atomic E-state index is 0.0734. The zero-order valence-corrected chi connectivity index (χ0v) is 7.82. The number of nitrogen functional groups attached to an aromatic ring is 1. The summed E-state index contributed by atoms with van der Waals surface area (Å²) in [4.78, 5) is 0.561. The van der Waals surface area contributed by atoms with E-state index in [2.05, 4.69) is 12.6 Å². The Kier molecular flexibility index (Phi) is 1.66. The number of benzene rings is 1. The highest BCUT2D eigenvalue weighted by molar-refractivity contribution is 7.80. The van der Waals surface area contributed by atoms with Crippen molar-refractivity contribution in [3.8, 4) is 5.75 Å². The van der Waals surface area contributed by atoms with E-state index >= 15 is 0 Å². The fourth-order valence-electron chi connectivity index (χ4n) is 1.10. The van der Waals surface area contributed by atoms with Gasteiger partial charge in [0.05, 0.1) is 10.6 Å². The molecular formula is C8H7NOS2. The van der Waals surface area contributed by atoms with Crippen LogP contribution in [0.1, 0.15) is 0 Å². The summed E-state index contributed by atoms with van der Waals surface area (Å²) >= 11 is 5.76. The number of anilines is 1. The molecule has 2 rings (SSSR count). The lowest BCUT2D eigenvalue weighted by molar-refractivity contribution is 0.467. The molecule has 0 amide bonds. The average Bonchev–Trinajstić information content (AvgIpc) is 2.48. The molecule has 2 nitrogen and oxygen atoms in total. The predicted octanol–water partition coefficient (Wildman–Crippen LogP) is 2.48. The summed E-state index contributed by atoms with van der Waals surface area (Å²) in [5.41, 5.74) is 5.94. The average molecular weight is 197 g/mol. The van der Waals surface area contributed by atoms with Gasteiger partial charge in [-0.05, 0) is 17.5 Å². The smallest absolute Gasteiger partial charge is 0.152 e. The molecule has 0 saturated carbocycles. The predicted molar refractivity (Wildman–Crippen MR) is 55.2 cm³/mol. The summed E-state index contributed by atoms with van der Waals surface area (Å²) in [6, 6.07) is 3.68. The minimum atomic E-state index is 0.0734. The first kappa shape index (κ1) is 7.76. The van der Waals surface area contributed by atoms with E-state index in [-0.39, 0.29) is 5.75 Å². The Bertz CT molecular complexity index is 436. The van der Waals surface area contributed by atoms with Crippen molar-refractivity contribution >= 4 is 39.7 Å². The molecule has 0 spiro atoms. The molecule has 0 unspecified atom stereocenters. The van der Waals surface area contributed by atoms with Gasteiger partial charge in [-0.1, -0.05) is 0 Å². The number of fused-ring (bicyclic) bond motifs is 1. The molecule has 0 aliphatic carbocycles. The highest BCUT2D eigenvalue weighted by atomic mass is 32.1. The quantitative estimate of drug-likeness (QED) is 0.345.